The maximum absolute atomic E-state index is 12.2. The van der Waals surface area contributed by atoms with Crippen LogP contribution < -0.4 is 5.32 Å². The highest BCUT2D eigenvalue weighted by atomic mass is 16.5. The Balaban J connectivity index is 2.41. The average Bonchev–Trinajstić information content (AvgIpc) is 2.54. The SMILES string of the molecule is N#C/C(=C/NCCOCCO)C(=O)N1CCC(C(=O)O)CC1. The Morgan fingerprint density at radius 1 is 1.36 bits per heavy atom. The summed E-state index contributed by atoms with van der Waals surface area (Å²) in [6.45, 7) is 1.65. The normalized spacial score (nSPS) is 16.2. The van der Waals surface area contributed by atoms with Crippen molar-refractivity contribution in [2.45, 2.75) is 12.8 Å². The molecule has 0 saturated carbocycles. The molecule has 0 unspecified atom stereocenters. The van der Waals surface area contributed by atoms with Crippen molar-refractivity contribution in [2.24, 2.45) is 5.92 Å². The number of carbonyl (C=O) groups is 2. The Hall–Kier alpha value is -2.11. The number of ether oxygens (including phenoxy) is 1. The van der Waals surface area contributed by atoms with Crippen LogP contribution >= 0.6 is 0 Å². The summed E-state index contributed by atoms with van der Waals surface area (Å²) in [5.41, 5.74) is -0.0177. The Morgan fingerprint density at radius 3 is 2.59 bits per heavy atom. The molecule has 0 aromatic heterocycles. The number of nitriles is 1. The fourth-order valence-electron chi connectivity index (χ4n) is 2.11. The van der Waals surface area contributed by atoms with Gasteiger partial charge >= 0.3 is 5.97 Å². The van der Waals surface area contributed by atoms with Crippen molar-refractivity contribution >= 4 is 11.9 Å². The standard InChI is InChI=1S/C14H21N3O5/c15-9-12(10-16-3-7-22-8-6-18)13(19)17-4-1-11(2-5-17)14(20)21/h10-11,16,18H,1-8H2,(H,20,21)/b12-10-. The van der Waals surface area contributed by atoms with Crippen LogP contribution in [0.1, 0.15) is 12.8 Å². The molecular weight excluding hydrogens is 290 g/mol. The van der Waals surface area contributed by atoms with Crippen LogP contribution in [0.25, 0.3) is 0 Å². The number of carboxylic acid groups (broad SMARTS) is 1. The Bertz CT molecular complexity index is 450. The second-order valence-electron chi connectivity index (χ2n) is 4.86. The van der Waals surface area contributed by atoms with Crippen molar-refractivity contribution < 1.29 is 24.5 Å². The summed E-state index contributed by atoms with van der Waals surface area (Å²) in [6.07, 6.45) is 2.15. The van der Waals surface area contributed by atoms with Crippen LogP contribution in [0.2, 0.25) is 0 Å². The lowest BCUT2D eigenvalue weighted by Crippen LogP contribution is -2.41. The summed E-state index contributed by atoms with van der Waals surface area (Å²) in [5, 5.41) is 29.3. The third-order valence-electron chi connectivity index (χ3n) is 3.36. The van der Waals surface area contributed by atoms with Gasteiger partial charge in [-0.15, -0.1) is 0 Å². The topological polar surface area (TPSA) is 123 Å². The third kappa shape index (κ3) is 5.71. The van der Waals surface area contributed by atoms with Crippen molar-refractivity contribution in [3.05, 3.63) is 11.8 Å². The van der Waals surface area contributed by atoms with Gasteiger partial charge in [0.05, 0.1) is 25.7 Å². The lowest BCUT2D eigenvalue weighted by Gasteiger charge is -2.29. The number of likely N-dealkylation sites (tertiary alicyclic amines) is 1. The molecule has 0 aliphatic carbocycles. The fourth-order valence-corrected chi connectivity index (χ4v) is 2.11. The van der Waals surface area contributed by atoms with E-state index in [2.05, 4.69) is 5.32 Å². The molecule has 0 radical (unpaired) electrons. The molecule has 22 heavy (non-hydrogen) atoms. The van der Waals surface area contributed by atoms with Crippen molar-refractivity contribution in [1.29, 1.82) is 5.26 Å². The van der Waals surface area contributed by atoms with Crippen molar-refractivity contribution in [3.8, 4) is 6.07 Å². The van der Waals surface area contributed by atoms with E-state index >= 15 is 0 Å². The number of carboxylic acids is 1. The van der Waals surface area contributed by atoms with Gasteiger partial charge in [-0.25, -0.2) is 0 Å². The largest absolute Gasteiger partial charge is 0.481 e. The Kier molecular flexibility index (Phi) is 7.96. The predicted molar refractivity (Wildman–Crippen MR) is 76.5 cm³/mol. The number of hydrogen-bond donors (Lipinski definition) is 3. The summed E-state index contributed by atoms with van der Waals surface area (Å²) in [4.78, 5) is 24.5. The minimum absolute atomic E-state index is 0.0177. The molecule has 1 fully saturated rings. The van der Waals surface area contributed by atoms with Crippen molar-refractivity contribution in [2.75, 3.05) is 39.5 Å². The number of aliphatic carboxylic acids is 1. The van der Waals surface area contributed by atoms with Crippen LogP contribution in [0, 0.1) is 17.2 Å². The van der Waals surface area contributed by atoms with E-state index < -0.39 is 17.8 Å². The summed E-state index contributed by atoms with van der Waals surface area (Å²) < 4.78 is 5.03. The zero-order valence-corrected chi connectivity index (χ0v) is 12.3. The van der Waals surface area contributed by atoms with E-state index in [1.807, 2.05) is 6.07 Å². The highest BCUT2D eigenvalue weighted by Gasteiger charge is 2.28. The smallest absolute Gasteiger partial charge is 0.306 e. The van der Waals surface area contributed by atoms with Crippen LogP contribution in [0.15, 0.2) is 11.8 Å². The van der Waals surface area contributed by atoms with E-state index in [4.69, 9.17) is 20.2 Å². The van der Waals surface area contributed by atoms with Gasteiger partial charge in [0.1, 0.15) is 11.6 Å². The molecule has 3 N–H and O–H groups in total. The third-order valence-corrected chi connectivity index (χ3v) is 3.36. The Labute approximate surface area is 129 Å². The van der Waals surface area contributed by atoms with Crippen LogP contribution in [0.3, 0.4) is 0 Å². The number of aliphatic hydroxyl groups is 1. The van der Waals surface area contributed by atoms with Gasteiger partial charge in [-0.3, -0.25) is 9.59 Å². The van der Waals surface area contributed by atoms with E-state index in [1.54, 1.807) is 0 Å². The molecule has 1 aliphatic rings. The number of nitrogens with zero attached hydrogens (tertiary/aromatic N) is 2. The first-order valence-electron chi connectivity index (χ1n) is 7.14. The minimum Gasteiger partial charge on any atom is -0.481 e. The van der Waals surface area contributed by atoms with Crippen LogP contribution in [-0.2, 0) is 14.3 Å². The van der Waals surface area contributed by atoms with Crippen LogP contribution in [0.4, 0.5) is 0 Å². The van der Waals surface area contributed by atoms with Crippen LogP contribution in [0.5, 0.6) is 0 Å². The summed E-state index contributed by atoms with van der Waals surface area (Å²) in [6, 6.07) is 1.85. The number of nitrogens with one attached hydrogen (secondary N) is 1. The average molecular weight is 311 g/mol. The number of amides is 1. The molecule has 8 nitrogen and oxygen atoms in total. The maximum atomic E-state index is 12.2. The number of piperidine rings is 1. The summed E-state index contributed by atoms with van der Waals surface area (Å²) >= 11 is 0. The quantitative estimate of drug-likeness (QED) is 0.308. The number of carbonyl (C=O) groups excluding carboxylic acids is 1. The van der Waals surface area contributed by atoms with E-state index in [0.29, 0.717) is 39.1 Å². The molecule has 1 aliphatic heterocycles. The Morgan fingerprint density at radius 2 is 2.05 bits per heavy atom. The lowest BCUT2D eigenvalue weighted by atomic mass is 9.97. The number of aliphatic hydroxyl groups excluding tert-OH is 1. The predicted octanol–water partition coefficient (Wildman–Crippen LogP) is -0.684. The molecule has 8 heteroatoms. The van der Waals surface area contributed by atoms with Gasteiger partial charge in [0.15, 0.2) is 0 Å². The maximum Gasteiger partial charge on any atom is 0.306 e. The van der Waals surface area contributed by atoms with Gasteiger partial charge < -0.3 is 25.2 Å². The lowest BCUT2D eigenvalue weighted by molar-refractivity contribution is -0.145. The van der Waals surface area contributed by atoms with Gasteiger partial charge in [0, 0.05) is 25.8 Å². The molecular formula is C14H21N3O5. The summed E-state index contributed by atoms with van der Waals surface area (Å²) in [5.74, 6) is -1.65. The van der Waals surface area contributed by atoms with Gasteiger partial charge in [-0.1, -0.05) is 0 Å². The first-order chi connectivity index (χ1) is 10.6. The highest BCUT2D eigenvalue weighted by Crippen LogP contribution is 2.18. The van der Waals surface area contributed by atoms with Crippen molar-refractivity contribution in [3.63, 3.8) is 0 Å². The zero-order chi connectivity index (χ0) is 16.4. The fraction of sp³-hybridized carbons (Fsp3) is 0.643. The van der Waals surface area contributed by atoms with E-state index in [1.165, 1.54) is 11.1 Å². The molecule has 0 aromatic carbocycles. The summed E-state index contributed by atoms with van der Waals surface area (Å²) in [7, 11) is 0. The second-order valence-corrected chi connectivity index (χ2v) is 4.86. The second kappa shape index (κ2) is 9.76. The van der Waals surface area contributed by atoms with Gasteiger partial charge in [-0.05, 0) is 12.8 Å². The van der Waals surface area contributed by atoms with Gasteiger partial charge in [-0.2, -0.15) is 5.26 Å². The minimum atomic E-state index is -0.840. The number of hydrogen-bond acceptors (Lipinski definition) is 6. The molecule has 1 rings (SSSR count). The van der Waals surface area contributed by atoms with E-state index in [-0.39, 0.29) is 18.8 Å². The molecule has 0 spiro atoms. The zero-order valence-electron chi connectivity index (χ0n) is 12.3. The van der Waals surface area contributed by atoms with E-state index in [9.17, 15) is 9.59 Å². The van der Waals surface area contributed by atoms with Crippen LogP contribution in [-0.4, -0.2) is 66.4 Å². The molecule has 1 amide bonds. The molecule has 0 bridgehead atoms. The highest BCUT2D eigenvalue weighted by molar-refractivity contribution is 5.97. The molecule has 0 atom stereocenters. The van der Waals surface area contributed by atoms with Gasteiger partial charge in [0.25, 0.3) is 5.91 Å². The molecule has 1 heterocycles. The molecule has 0 aromatic rings. The first-order valence-corrected chi connectivity index (χ1v) is 7.14. The van der Waals surface area contributed by atoms with Crippen molar-refractivity contribution in [1.82, 2.24) is 10.2 Å². The number of rotatable bonds is 8. The van der Waals surface area contributed by atoms with E-state index in [0.717, 1.165) is 0 Å². The molecule has 122 valence electrons. The molecule has 1 saturated heterocycles. The first kappa shape index (κ1) is 17.9. The monoisotopic (exact) mass is 311 g/mol. The van der Waals surface area contributed by atoms with Gasteiger partial charge in [0.2, 0.25) is 0 Å².